The van der Waals surface area contributed by atoms with Crippen LogP contribution in [0.4, 0.5) is 8.78 Å². The predicted octanol–water partition coefficient (Wildman–Crippen LogP) is 4.75. The van der Waals surface area contributed by atoms with Crippen molar-refractivity contribution in [2.75, 3.05) is 19.7 Å². The van der Waals surface area contributed by atoms with Gasteiger partial charge in [-0.15, -0.1) is 11.3 Å². The number of rotatable bonds is 5. The normalized spacial score (nSPS) is 14.9. The van der Waals surface area contributed by atoms with E-state index in [1.807, 2.05) is 23.6 Å². The van der Waals surface area contributed by atoms with Crippen molar-refractivity contribution in [3.63, 3.8) is 0 Å². The number of fused-ring (bicyclic) bond motifs is 1. The van der Waals surface area contributed by atoms with E-state index in [-0.39, 0.29) is 24.3 Å². The van der Waals surface area contributed by atoms with Crippen LogP contribution in [0.5, 0.6) is 0 Å². The Morgan fingerprint density at radius 2 is 1.87 bits per heavy atom. The van der Waals surface area contributed by atoms with Gasteiger partial charge in [-0.1, -0.05) is 6.07 Å². The molecule has 31 heavy (non-hydrogen) atoms. The Labute approximate surface area is 183 Å². The fourth-order valence-corrected chi connectivity index (χ4v) is 5.04. The summed E-state index contributed by atoms with van der Waals surface area (Å²) in [4.78, 5) is 28.2. The molecule has 1 fully saturated rings. The number of nitrogens with zero attached hydrogens (tertiary/aromatic N) is 2. The zero-order valence-electron chi connectivity index (χ0n) is 17.5. The lowest BCUT2D eigenvalue weighted by atomic mass is 9.97. The summed E-state index contributed by atoms with van der Waals surface area (Å²) in [6.07, 6.45) is 1.14. The van der Waals surface area contributed by atoms with E-state index in [1.165, 1.54) is 12.1 Å². The topological polar surface area (TPSA) is 51.5 Å². The maximum absolute atomic E-state index is 13.7. The quantitative estimate of drug-likeness (QED) is 0.532. The van der Waals surface area contributed by atoms with Gasteiger partial charge in [-0.05, 0) is 56.5 Å². The summed E-state index contributed by atoms with van der Waals surface area (Å²) >= 11 is 1.59. The Hall–Kier alpha value is -2.74. The van der Waals surface area contributed by atoms with Crippen molar-refractivity contribution in [2.45, 2.75) is 33.2 Å². The number of piperidine rings is 1. The zero-order valence-corrected chi connectivity index (χ0v) is 18.3. The molecule has 0 saturated carbocycles. The second kappa shape index (κ2) is 8.78. The van der Waals surface area contributed by atoms with Gasteiger partial charge in [0.05, 0.1) is 22.7 Å². The first-order valence-corrected chi connectivity index (χ1v) is 11.2. The average Bonchev–Trinajstić information content (AvgIpc) is 3.27. The third-order valence-electron chi connectivity index (χ3n) is 5.66. The van der Waals surface area contributed by atoms with E-state index >= 15 is 0 Å². The number of halogens is 2. The van der Waals surface area contributed by atoms with Crippen LogP contribution < -0.4 is 0 Å². The molecule has 0 radical (unpaired) electrons. The highest BCUT2D eigenvalue weighted by atomic mass is 32.1. The van der Waals surface area contributed by atoms with Gasteiger partial charge in [0.1, 0.15) is 5.69 Å². The Balaban J connectivity index is 1.59. The van der Waals surface area contributed by atoms with Crippen LogP contribution in [0.15, 0.2) is 30.3 Å². The molecule has 0 atom stereocenters. The molecule has 5 nitrogen and oxygen atoms in total. The average molecular weight is 447 g/mol. The molecule has 1 aromatic carbocycles. The Morgan fingerprint density at radius 3 is 2.55 bits per heavy atom. The lowest BCUT2D eigenvalue weighted by molar-refractivity contribution is -0.149. The van der Waals surface area contributed by atoms with Gasteiger partial charge in [0, 0.05) is 24.5 Å². The highest BCUT2D eigenvalue weighted by molar-refractivity contribution is 7.19. The molecule has 4 rings (SSSR count). The summed E-state index contributed by atoms with van der Waals surface area (Å²) in [5.74, 6) is -2.30. The molecule has 164 valence electrons. The molecule has 1 amide bonds. The van der Waals surface area contributed by atoms with E-state index < -0.39 is 11.6 Å². The number of esters is 1. The monoisotopic (exact) mass is 446 g/mol. The third kappa shape index (κ3) is 4.35. The number of amides is 1. The molecule has 0 unspecified atom stereocenters. The second-order valence-corrected chi connectivity index (χ2v) is 9.08. The first-order chi connectivity index (χ1) is 14.9. The van der Waals surface area contributed by atoms with Crippen molar-refractivity contribution in [1.82, 2.24) is 9.47 Å². The minimum Gasteiger partial charge on any atom is -0.466 e. The third-order valence-corrected chi connectivity index (χ3v) is 6.65. The van der Waals surface area contributed by atoms with Crippen molar-refractivity contribution in [2.24, 2.45) is 5.92 Å². The number of benzene rings is 1. The molecule has 0 spiro atoms. The van der Waals surface area contributed by atoms with Crippen LogP contribution in [-0.2, 0) is 16.1 Å². The van der Waals surface area contributed by atoms with Gasteiger partial charge in [-0.25, -0.2) is 8.78 Å². The fraction of sp³-hybridized carbons (Fsp3) is 0.391. The molecule has 0 N–H and O–H groups in total. The predicted molar refractivity (Wildman–Crippen MR) is 115 cm³/mol. The van der Waals surface area contributed by atoms with E-state index in [0.717, 1.165) is 21.2 Å². The number of thiophene rings is 1. The first-order valence-electron chi connectivity index (χ1n) is 10.4. The fourth-order valence-electron chi connectivity index (χ4n) is 4.07. The van der Waals surface area contributed by atoms with E-state index in [1.54, 1.807) is 23.2 Å². The molecular weight excluding hydrogens is 422 g/mol. The lowest BCUT2D eigenvalue weighted by Crippen LogP contribution is -2.41. The summed E-state index contributed by atoms with van der Waals surface area (Å²) < 4.78 is 35.0. The Kier molecular flexibility index (Phi) is 6.09. The van der Waals surface area contributed by atoms with Gasteiger partial charge in [0.15, 0.2) is 11.6 Å². The molecule has 0 aliphatic carbocycles. The van der Waals surface area contributed by atoms with Gasteiger partial charge in [-0.2, -0.15) is 0 Å². The van der Waals surface area contributed by atoms with E-state index in [4.69, 9.17) is 4.74 Å². The van der Waals surface area contributed by atoms with Gasteiger partial charge in [-0.3, -0.25) is 9.59 Å². The van der Waals surface area contributed by atoms with Crippen molar-refractivity contribution in [3.05, 3.63) is 58.1 Å². The van der Waals surface area contributed by atoms with Gasteiger partial charge in [0.25, 0.3) is 5.91 Å². The maximum atomic E-state index is 13.7. The smallest absolute Gasteiger partial charge is 0.309 e. The van der Waals surface area contributed by atoms with Crippen LogP contribution in [0.1, 0.15) is 40.7 Å². The number of hydrogen-bond donors (Lipinski definition) is 0. The minimum absolute atomic E-state index is 0.119. The summed E-state index contributed by atoms with van der Waals surface area (Å²) in [6, 6.07) is 7.67. The maximum Gasteiger partial charge on any atom is 0.309 e. The first kappa shape index (κ1) is 21.5. The van der Waals surface area contributed by atoms with Crippen molar-refractivity contribution in [1.29, 1.82) is 0 Å². The van der Waals surface area contributed by atoms with Crippen LogP contribution in [-0.4, -0.2) is 41.0 Å². The number of aryl methyl sites for hydroxylation is 1. The number of carbonyl (C=O) groups excluding carboxylic acids is 2. The molecule has 8 heteroatoms. The molecule has 1 aliphatic rings. The van der Waals surface area contributed by atoms with Crippen LogP contribution in [0.2, 0.25) is 0 Å². The number of hydrogen-bond acceptors (Lipinski definition) is 4. The molecule has 2 aromatic heterocycles. The summed E-state index contributed by atoms with van der Waals surface area (Å²) in [5, 5.41) is 0. The SMILES string of the molecule is CCOC(=O)C1CCN(C(=O)c2cc3sc(C)cc3n2Cc2ccc(F)c(F)c2)CC1. The van der Waals surface area contributed by atoms with E-state index in [9.17, 15) is 18.4 Å². The number of ether oxygens (including phenoxy) is 1. The summed E-state index contributed by atoms with van der Waals surface area (Å²) in [6.45, 7) is 5.35. The minimum atomic E-state index is -0.906. The summed E-state index contributed by atoms with van der Waals surface area (Å²) in [7, 11) is 0. The Bertz CT molecular complexity index is 1130. The van der Waals surface area contributed by atoms with Gasteiger partial charge in [0.2, 0.25) is 0 Å². The Morgan fingerprint density at radius 1 is 1.13 bits per heavy atom. The van der Waals surface area contributed by atoms with E-state index in [2.05, 4.69) is 0 Å². The summed E-state index contributed by atoms with van der Waals surface area (Å²) in [5.41, 5.74) is 1.99. The molecule has 3 aromatic rings. The molecule has 1 saturated heterocycles. The second-order valence-electron chi connectivity index (χ2n) is 7.79. The van der Waals surface area contributed by atoms with Gasteiger partial charge < -0.3 is 14.2 Å². The highest BCUT2D eigenvalue weighted by Gasteiger charge is 2.30. The van der Waals surface area contributed by atoms with Crippen LogP contribution >= 0.6 is 11.3 Å². The zero-order chi connectivity index (χ0) is 22.1. The van der Waals surface area contributed by atoms with Crippen LogP contribution in [0.25, 0.3) is 10.2 Å². The lowest BCUT2D eigenvalue weighted by Gasteiger charge is -2.31. The number of carbonyl (C=O) groups is 2. The van der Waals surface area contributed by atoms with Crippen molar-refractivity contribution < 1.29 is 23.1 Å². The van der Waals surface area contributed by atoms with E-state index in [0.29, 0.717) is 43.8 Å². The standard InChI is InChI=1S/C23H24F2N2O3S/c1-3-30-23(29)16-6-8-26(9-7-16)22(28)20-12-21-19(10-14(2)31-21)27(20)13-15-4-5-17(24)18(25)11-15/h4-5,10-12,16H,3,6-9,13H2,1-2H3. The van der Waals surface area contributed by atoms with Crippen LogP contribution in [0, 0.1) is 24.5 Å². The largest absolute Gasteiger partial charge is 0.466 e. The molecule has 0 bridgehead atoms. The molecular formula is C23H24F2N2O3S. The number of likely N-dealkylation sites (tertiary alicyclic amines) is 1. The van der Waals surface area contributed by atoms with Crippen molar-refractivity contribution >= 4 is 33.4 Å². The van der Waals surface area contributed by atoms with Crippen LogP contribution in [0.3, 0.4) is 0 Å². The molecule has 1 aliphatic heterocycles. The number of aromatic nitrogens is 1. The van der Waals surface area contributed by atoms with Gasteiger partial charge >= 0.3 is 5.97 Å². The highest BCUT2D eigenvalue weighted by Crippen LogP contribution is 2.31. The van der Waals surface area contributed by atoms with Crippen molar-refractivity contribution in [3.8, 4) is 0 Å². The molecule has 3 heterocycles.